The van der Waals surface area contributed by atoms with Gasteiger partial charge in [-0.05, 0) is 50.2 Å². The van der Waals surface area contributed by atoms with Gasteiger partial charge >= 0.3 is 0 Å². The van der Waals surface area contributed by atoms with Crippen molar-refractivity contribution in [2.75, 3.05) is 6.54 Å². The van der Waals surface area contributed by atoms with E-state index >= 15 is 0 Å². The molecule has 0 amide bonds. The number of aryl methyl sites for hydroxylation is 3. The van der Waals surface area contributed by atoms with E-state index in [0.717, 1.165) is 24.8 Å². The number of nitrogens with one attached hydrogen (secondary N) is 1. The van der Waals surface area contributed by atoms with Crippen molar-refractivity contribution in [2.45, 2.75) is 50.7 Å². The number of nitrogens with zero attached hydrogens (tertiary/aromatic N) is 1. The maximum atomic E-state index is 11.0. The number of aliphatic hydroxyl groups is 1. The number of aromatic nitrogens is 1. The van der Waals surface area contributed by atoms with Crippen molar-refractivity contribution in [3.63, 3.8) is 0 Å². The van der Waals surface area contributed by atoms with E-state index < -0.39 is 5.60 Å². The molecule has 2 aliphatic carbocycles. The summed E-state index contributed by atoms with van der Waals surface area (Å²) in [4.78, 5) is 6.24. The molecule has 4 rings (SSSR count). The fourth-order valence-electron chi connectivity index (χ4n) is 3.66. The minimum absolute atomic E-state index is 0.201. The highest BCUT2D eigenvalue weighted by Gasteiger charge is 2.36. The Hall–Kier alpha value is -1.23. The summed E-state index contributed by atoms with van der Waals surface area (Å²) in [6.07, 6.45) is 5.36. The van der Waals surface area contributed by atoms with Crippen LogP contribution in [0.3, 0.4) is 0 Å². The monoisotopic (exact) mass is 314 g/mol. The van der Waals surface area contributed by atoms with Crippen LogP contribution in [0.1, 0.15) is 52.5 Å². The van der Waals surface area contributed by atoms with Crippen LogP contribution in [0.2, 0.25) is 0 Å². The summed E-state index contributed by atoms with van der Waals surface area (Å²) in [6.45, 7) is 2.74. The molecule has 2 unspecified atom stereocenters. The van der Waals surface area contributed by atoms with Crippen LogP contribution in [0.25, 0.3) is 0 Å². The Morgan fingerprint density at radius 3 is 3.05 bits per heavy atom. The van der Waals surface area contributed by atoms with Gasteiger partial charge in [0, 0.05) is 11.4 Å². The maximum absolute atomic E-state index is 11.0. The highest BCUT2D eigenvalue weighted by molar-refractivity contribution is 7.11. The molecule has 2 aromatic rings. The third-order valence-electron chi connectivity index (χ3n) is 5.01. The van der Waals surface area contributed by atoms with Crippen LogP contribution in [0.4, 0.5) is 0 Å². The van der Waals surface area contributed by atoms with Gasteiger partial charge in [-0.3, -0.25) is 0 Å². The van der Waals surface area contributed by atoms with E-state index in [9.17, 15) is 5.11 Å². The number of rotatable bonds is 4. The molecule has 0 radical (unpaired) electrons. The molecule has 2 aliphatic rings. The van der Waals surface area contributed by atoms with Crippen molar-refractivity contribution in [1.29, 1.82) is 0 Å². The lowest BCUT2D eigenvalue weighted by atomic mass is 9.96. The molecule has 4 heteroatoms. The van der Waals surface area contributed by atoms with Gasteiger partial charge in [0.25, 0.3) is 0 Å². The Kier molecular flexibility index (Phi) is 3.56. The fraction of sp³-hybridized carbons (Fsp3) is 0.500. The summed E-state index contributed by atoms with van der Waals surface area (Å²) >= 11 is 1.84. The third kappa shape index (κ3) is 2.39. The van der Waals surface area contributed by atoms with Crippen LogP contribution in [-0.4, -0.2) is 16.6 Å². The summed E-state index contributed by atoms with van der Waals surface area (Å²) in [6, 6.07) is 8.46. The fourth-order valence-corrected chi connectivity index (χ4v) is 4.84. The van der Waals surface area contributed by atoms with E-state index in [1.165, 1.54) is 34.0 Å². The van der Waals surface area contributed by atoms with E-state index in [1.54, 1.807) is 0 Å². The minimum Gasteiger partial charge on any atom is -0.384 e. The van der Waals surface area contributed by atoms with E-state index in [4.69, 9.17) is 4.98 Å². The molecule has 2 atom stereocenters. The van der Waals surface area contributed by atoms with Crippen LogP contribution in [0, 0.1) is 0 Å². The Morgan fingerprint density at radius 2 is 2.18 bits per heavy atom. The molecule has 0 spiro atoms. The average Bonchev–Trinajstić information content (AvgIpc) is 3.19. The van der Waals surface area contributed by atoms with Crippen LogP contribution in [0.15, 0.2) is 24.3 Å². The van der Waals surface area contributed by atoms with Gasteiger partial charge in [0.05, 0.1) is 11.7 Å². The molecule has 0 fully saturated rings. The van der Waals surface area contributed by atoms with Crippen LogP contribution < -0.4 is 5.32 Å². The molecule has 3 nitrogen and oxygen atoms in total. The zero-order chi connectivity index (χ0) is 15.2. The number of hydrogen-bond donors (Lipinski definition) is 2. The molecule has 1 aromatic carbocycles. The average molecular weight is 314 g/mol. The summed E-state index contributed by atoms with van der Waals surface area (Å²) in [7, 11) is 0. The van der Waals surface area contributed by atoms with E-state index in [2.05, 4.69) is 30.4 Å². The highest BCUT2D eigenvalue weighted by atomic mass is 32.1. The first-order valence-corrected chi connectivity index (χ1v) is 9.00. The Morgan fingerprint density at radius 1 is 1.32 bits per heavy atom. The second kappa shape index (κ2) is 5.44. The lowest BCUT2D eigenvalue weighted by molar-refractivity contribution is 0.0363. The Bertz CT molecular complexity index is 675. The molecule has 0 bridgehead atoms. The zero-order valence-corrected chi connectivity index (χ0v) is 13.7. The first-order chi connectivity index (χ1) is 10.7. The van der Waals surface area contributed by atoms with Gasteiger partial charge < -0.3 is 10.4 Å². The number of benzene rings is 1. The normalized spacial score (nSPS) is 24.3. The third-order valence-corrected chi connectivity index (χ3v) is 6.35. The molecular weight excluding hydrogens is 292 g/mol. The Labute approximate surface area is 135 Å². The van der Waals surface area contributed by atoms with Crippen LogP contribution in [0.5, 0.6) is 0 Å². The molecule has 2 N–H and O–H groups in total. The molecule has 1 heterocycles. The van der Waals surface area contributed by atoms with Gasteiger partial charge in [0.2, 0.25) is 0 Å². The lowest BCUT2D eigenvalue weighted by Crippen LogP contribution is -2.37. The smallest absolute Gasteiger partial charge is 0.110 e. The largest absolute Gasteiger partial charge is 0.384 e. The molecule has 22 heavy (non-hydrogen) atoms. The quantitative estimate of drug-likeness (QED) is 0.911. The number of fused-ring (bicyclic) bond motifs is 2. The molecule has 116 valence electrons. The van der Waals surface area contributed by atoms with Crippen molar-refractivity contribution in [1.82, 2.24) is 10.3 Å². The van der Waals surface area contributed by atoms with E-state index in [-0.39, 0.29) is 6.04 Å². The van der Waals surface area contributed by atoms with Gasteiger partial charge in [-0.25, -0.2) is 4.98 Å². The standard InChI is InChI=1S/C18H22N2OS/c1-12(17-20-15-7-4-8-16(15)22-17)19-11-18(21)10-9-13-5-2-3-6-14(13)18/h2-3,5-6,12,19,21H,4,7-11H2,1H3. The highest BCUT2D eigenvalue weighted by Crippen LogP contribution is 2.37. The van der Waals surface area contributed by atoms with Crippen molar-refractivity contribution in [2.24, 2.45) is 0 Å². The number of hydrogen-bond acceptors (Lipinski definition) is 4. The summed E-state index contributed by atoms with van der Waals surface area (Å²) in [5.41, 5.74) is 2.95. The predicted molar refractivity (Wildman–Crippen MR) is 89.2 cm³/mol. The molecule has 0 saturated carbocycles. The van der Waals surface area contributed by atoms with E-state index in [1.807, 2.05) is 17.4 Å². The molecule has 0 saturated heterocycles. The van der Waals surface area contributed by atoms with Gasteiger partial charge in [-0.15, -0.1) is 11.3 Å². The Balaban J connectivity index is 1.46. The van der Waals surface area contributed by atoms with Crippen LogP contribution in [-0.2, 0) is 24.9 Å². The minimum atomic E-state index is -0.731. The zero-order valence-electron chi connectivity index (χ0n) is 12.9. The summed E-state index contributed by atoms with van der Waals surface area (Å²) in [5.74, 6) is 0. The second-order valence-electron chi connectivity index (χ2n) is 6.57. The topological polar surface area (TPSA) is 45.1 Å². The van der Waals surface area contributed by atoms with Gasteiger partial charge in [-0.1, -0.05) is 24.3 Å². The lowest BCUT2D eigenvalue weighted by Gasteiger charge is -2.26. The van der Waals surface area contributed by atoms with Gasteiger partial charge in [0.15, 0.2) is 0 Å². The first kappa shape index (κ1) is 14.4. The van der Waals surface area contributed by atoms with Crippen LogP contribution >= 0.6 is 11.3 Å². The van der Waals surface area contributed by atoms with Gasteiger partial charge in [-0.2, -0.15) is 0 Å². The second-order valence-corrected chi connectivity index (χ2v) is 7.68. The summed E-state index contributed by atoms with van der Waals surface area (Å²) in [5, 5.41) is 15.7. The van der Waals surface area contributed by atoms with Crippen molar-refractivity contribution < 1.29 is 5.11 Å². The number of thiazole rings is 1. The predicted octanol–water partition coefficient (Wildman–Crippen LogP) is 3.12. The maximum Gasteiger partial charge on any atom is 0.110 e. The molecule has 1 aromatic heterocycles. The summed E-state index contributed by atoms with van der Waals surface area (Å²) < 4.78 is 0. The van der Waals surface area contributed by atoms with Crippen molar-refractivity contribution >= 4 is 11.3 Å². The van der Waals surface area contributed by atoms with Crippen molar-refractivity contribution in [3.05, 3.63) is 51.0 Å². The SMILES string of the molecule is CC(NCC1(O)CCc2ccccc21)c1nc2c(s1)CCC2. The molecular formula is C18H22N2OS. The molecule has 0 aliphatic heterocycles. The first-order valence-electron chi connectivity index (χ1n) is 8.18. The van der Waals surface area contributed by atoms with E-state index in [0.29, 0.717) is 6.54 Å². The van der Waals surface area contributed by atoms with Crippen molar-refractivity contribution in [3.8, 4) is 0 Å². The van der Waals surface area contributed by atoms with Gasteiger partial charge in [0.1, 0.15) is 10.6 Å².